The number of piperazine rings is 1. The van der Waals surface area contributed by atoms with E-state index in [9.17, 15) is 14.0 Å². The molecule has 1 N–H and O–H groups in total. The van der Waals surface area contributed by atoms with E-state index < -0.39 is 0 Å². The molecule has 0 aliphatic carbocycles. The Hall–Kier alpha value is -3.23. The molecule has 3 aromatic rings. The van der Waals surface area contributed by atoms with Crippen molar-refractivity contribution in [1.82, 2.24) is 9.80 Å². The van der Waals surface area contributed by atoms with Crippen LogP contribution in [0.1, 0.15) is 44.9 Å². The maximum absolute atomic E-state index is 14.3. The number of nitrogens with one attached hydrogen (secondary N) is 1. The standard InChI is InChI=1S/C27H30FN3O3S/c1-4-34-27(33)31-15-13-30(14-16-31)24(21-11-8-12-22(28)17-21)23-18(2)19(3)35-26(23)29-25(32)20-9-6-5-7-10-20/h5-12,17,24H,4,13-16H2,1-3H3,(H,29,32)/t24-/m0/s1. The molecule has 35 heavy (non-hydrogen) atoms. The molecule has 1 aromatic heterocycles. The number of ether oxygens (including phenoxy) is 1. The lowest BCUT2D eigenvalue weighted by atomic mass is 9.94. The topological polar surface area (TPSA) is 61.9 Å². The van der Waals surface area contributed by atoms with Crippen molar-refractivity contribution in [3.63, 3.8) is 0 Å². The largest absolute Gasteiger partial charge is 0.450 e. The fourth-order valence-electron chi connectivity index (χ4n) is 4.45. The summed E-state index contributed by atoms with van der Waals surface area (Å²) in [5, 5.41) is 3.87. The lowest BCUT2D eigenvalue weighted by Gasteiger charge is -2.39. The van der Waals surface area contributed by atoms with Crippen LogP contribution in [0.5, 0.6) is 0 Å². The average Bonchev–Trinajstić information content (AvgIpc) is 3.13. The van der Waals surface area contributed by atoms with Crippen LogP contribution in [0.2, 0.25) is 0 Å². The third-order valence-corrected chi connectivity index (χ3v) is 7.48. The summed E-state index contributed by atoms with van der Waals surface area (Å²) in [5.74, 6) is -0.490. The Morgan fingerprint density at radius 1 is 1.06 bits per heavy atom. The second kappa shape index (κ2) is 11.0. The SMILES string of the molecule is CCOC(=O)N1CCN([C@@H](c2cccc(F)c2)c2c(NC(=O)c3ccccc3)sc(C)c2C)CC1. The Labute approximate surface area is 209 Å². The van der Waals surface area contributed by atoms with Crippen LogP contribution >= 0.6 is 11.3 Å². The minimum atomic E-state index is -0.312. The molecule has 4 rings (SSSR count). The summed E-state index contributed by atoms with van der Waals surface area (Å²) in [6.45, 7) is 8.42. The Kier molecular flexibility index (Phi) is 7.83. The monoisotopic (exact) mass is 495 g/mol. The first-order chi connectivity index (χ1) is 16.9. The van der Waals surface area contributed by atoms with Gasteiger partial charge in [0.2, 0.25) is 0 Å². The number of hydrogen-bond acceptors (Lipinski definition) is 5. The fraction of sp³-hybridized carbons (Fsp3) is 0.333. The van der Waals surface area contributed by atoms with Gasteiger partial charge in [-0.15, -0.1) is 11.3 Å². The number of hydrogen-bond donors (Lipinski definition) is 1. The summed E-state index contributed by atoms with van der Waals surface area (Å²) in [5.41, 5.74) is 3.42. The zero-order valence-corrected chi connectivity index (χ0v) is 21.0. The Bertz CT molecular complexity index is 1190. The van der Waals surface area contributed by atoms with Crippen molar-refractivity contribution in [3.05, 3.63) is 87.5 Å². The molecular formula is C27H30FN3O3S. The molecule has 184 valence electrons. The van der Waals surface area contributed by atoms with Gasteiger partial charge in [-0.05, 0) is 56.2 Å². The van der Waals surface area contributed by atoms with Crippen LogP contribution in [0.4, 0.5) is 14.2 Å². The summed E-state index contributed by atoms with van der Waals surface area (Å²) < 4.78 is 19.5. The average molecular weight is 496 g/mol. The third kappa shape index (κ3) is 5.55. The molecule has 1 aliphatic rings. The molecule has 1 atom stereocenters. The molecule has 0 unspecified atom stereocenters. The molecule has 2 heterocycles. The molecule has 6 nitrogen and oxygen atoms in total. The van der Waals surface area contributed by atoms with Gasteiger partial charge in [0.05, 0.1) is 12.6 Å². The number of aryl methyl sites for hydroxylation is 1. The number of amides is 2. The second-order valence-corrected chi connectivity index (χ2v) is 9.75. The molecule has 1 aliphatic heterocycles. The van der Waals surface area contributed by atoms with E-state index >= 15 is 0 Å². The first kappa shape index (κ1) is 24.9. The highest BCUT2D eigenvalue weighted by Crippen LogP contribution is 2.42. The smallest absolute Gasteiger partial charge is 0.409 e. The van der Waals surface area contributed by atoms with E-state index in [1.807, 2.05) is 38.1 Å². The molecule has 0 bridgehead atoms. The predicted molar refractivity (Wildman–Crippen MR) is 137 cm³/mol. The van der Waals surface area contributed by atoms with Gasteiger partial charge in [-0.1, -0.05) is 30.3 Å². The van der Waals surface area contributed by atoms with Gasteiger partial charge in [0.1, 0.15) is 10.8 Å². The summed E-state index contributed by atoms with van der Waals surface area (Å²) in [4.78, 5) is 30.3. The number of rotatable bonds is 6. The van der Waals surface area contributed by atoms with Gasteiger partial charge in [-0.2, -0.15) is 0 Å². The van der Waals surface area contributed by atoms with Gasteiger partial charge in [0.15, 0.2) is 0 Å². The highest BCUT2D eigenvalue weighted by molar-refractivity contribution is 7.16. The van der Waals surface area contributed by atoms with Gasteiger partial charge < -0.3 is 15.0 Å². The van der Waals surface area contributed by atoms with Gasteiger partial charge in [0, 0.05) is 42.2 Å². The number of carbonyl (C=O) groups is 2. The van der Waals surface area contributed by atoms with Crippen molar-refractivity contribution >= 4 is 28.3 Å². The Morgan fingerprint density at radius 2 is 1.77 bits per heavy atom. The van der Waals surface area contributed by atoms with Crippen molar-refractivity contribution in [2.45, 2.75) is 26.8 Å². The normalized spacial score (nSPS) is 15.0. The Balaban J connectivity index is 1.69. The molecule has 2 aromatic carbocycles. The van der Waals surface area contributed by atoms with E-state index in [-0.39, 0.29) is 23.9 Å². The first-order valence-corrected chi connectivity index (χ1v) is 12.6. The summed E-state index contributed by atoms with van der Waals surface area (Å²) >= 11 is 1.53. The van der Waals surface area contributed by atoms with E-state index in [2.05, 4.69) is 10.2 Å². The number of nitrogens with zero attached hydrogens (tertiary/aromatic N) is 2. The van der Waals surface area contributed by atoms with Gasteiger partial charge >= 0.3 is 6.09 Å². The van der Waals surface area contributed by atoms with Crippen molar-refractivity contribution in [2.75, 3.05) is 38.1 Å². The summed E-state index contributed by atoms with van der Waals surface area (Å²) in [6.07, 6.45) is -0.312. The highest BCUT2D eigenvalue weighted by Gasteiger charge is 2.33. The maximum Gasteiger partial charge on any atom is 0.409 e. The van der Waals surface area contributed by atoms with Crippen LogP contribution in [0, 0.1) is 19.7 Å². The van der Waals surface area contributed by atoms with E-state index in [0.717, 1.165) is 26.6 Å². The minimum absolute atomic E-state index is 0.182. The number of halogens is 1. The highest BCUT2D eigenvalue weighted by atomic mass is 32.1. The molecule has 2 amide bonds. The van der Waals surface area contributed by atoms with Gasteiger partial charge in [-0.25, -0.2) is 9.18 Å². The summed E-state index contributed by atoms with van der Waals surface area (Å²) in [7, 11) is 0. The molecular weight excluding hydrogens is 465 g/mol. The third-order valence-electron chi connectivity index (χ3n) is 6.34. The van der Waals surface area contributed by atoms with Crippen LogP contribution in [-0.4, -0.2) is 54.6 Å². The quantitative estimate of drug-likeness (QED) is 0.482. The lowest BCUT2D eigenvalue weighted by Crippen LogP contribution is -2.50. The van der Waals surface area contributed by atoms with E-state index in [4.69, 9.17) is 4.74 Å². The number of carbonyl (C=O) groups excluding carboxylic acids is 2. The summed E-state index contributed by atoms with van der Waals surface area (Å²) in [6, 6.07) is 15.4. The molecule has 0 radical (unpaired) electrons. The zero-order valence-electron chi connectivity index (χ0n) is 20.2. The van der Waals surface area contributed by atoms with Crippen LogP contribution in [-0.2, 0) is 4.74 Å². The van der Waals surface area contributed by atoms with Crippen molar-refractivity contribution in [2.24, 2.45) is 0 Å². The van der Waals surface area contributed by atoms with Crippen LogP contribution in [0.15, 0.2) is 54.6 Å². The fourth-order valence-corrected chi connectivity index (χ4v) is 5.53. The molecule has 8 heteroatoms. The first-order valence-electron chi connectivity index (χ1n) is 11.8. The van der Waals surface area contributed by atoms with Crippen LogP contribution in [0.3, 0.4) is 0 Å². The minimum Gasteiger partial charge on any atom is -0.450 e. The van der Waals surface area contributed by atoms with Crippen molar-refractivity contribution in [3.8, 4) is 0 Å². The van der Waals surface area contributed by atoms with E-state index in [0.29, 0.717) is 38.3 Å². The van der Waals surface area contributed by atoms with Gasteiger partial charge in [0.25, 0.3) is 5.91 Å². The predicted octanol–water partition coefficient (Wildman–Crippen LogP) is 5.62. The lowest BCUT2D eigenvalue weighted by molar-refractivity contribution is 0.0715. The molecule has 1 saturated heterocycles. The molecule has 0 spiro atoms. The van der Waals surface area contributed by atoms with Crippen molar-refractivity contribution < 1.29 is 18.7 Å². The second-order valence-electron chi connectivity index (χ2n) is 8.53. The molecule has 1 fully saturated rings. The Morgan fingerprint density at radius 3 is 2.43 bits per heavy atom. The maximum atomic E-state index is 14.3. The van der Waals surface area contributed by atoms with Crippen molar-refractivity contribution in [1.29, 1.82) is 0 Å². The van der Waals surface area contributed by atoms with Crippen LogP contribution < -0.4 is 5.32 Å². The van der Waals surface area contributed by atoms with Crippen LogP contribution in [0.25, 0.3) is 0 Å². The van der Waals surface area contributed by atoms with E-state index in [1.165, 1.54) is 17.4 Å². The zero-order chi connectivity index (χ0) is 24.9. The number of anilines is 1. The molecule has 0 saturated carbocycles. The number of benzene rings is 2. The van der Waals surface area contributed by atoms with E-state index in [1.54, 1.807) is 36.1 Å². The number of thiophene rings is 1. The van der Waals surface area contributed by atoms with Gasteiger partial charge in [-0.3, -0.25) is 9.69 Å².